The number of nitrogens with zero attached hydrogens (tertiary/aromatic N) is 3. The van der Waals surface area contributed by atoms with Gasteiger partial charge in [0.2, 0.25) is 0 Å². The standard InChI is InChI=1S/C16H24BrN3O/c1-12(2)19(3)11-13-6-9-20(10-7-13)16(21)14-5-4-8-18-15(14)17/h4-5,8,12-13H,6-7,9-11H2,1-3H3. The Morgan fingerprint density at radius 2 is 2.14 bits per heavy atom. The van der Waals surface area contributed by atoms with Crippen molar-refractivity contribution >= 4 is 21.8 Å². The fourth-order valence-electron chi connectivity index (χ4n) is 2.65. The Balaban J connectivity index is 1.89. The van der Waals surface area contributed by atoms with Gasteiger partial charge in [0.25, 0.3) is 5.91 Å². The molecular weight excluding hydrogens is 330 g/mol. The van der Waals surface area contributed by atoms with E-state index < -0.39 is 0 Å². The second kappa shape index (κ2) is 7.36. The predicted molar refractivity (Wildman–Crippen MR) is 88.3 cm³/mol. The molecule has 1 saturated heterocycles. The second-order valence-electron chi connectivity index (χ2n) is 6.11. The molecule has 2 rings (SSSR count). The van der Waals surface area contributed by atoms with Crippen LogP contribution >= 0.6 is 15.9 Å². The third-order valence-corrected chi connectivity index (χ3v) is 4.95. The fourth-order valence-corrected chi connectivity index (χ4v) is 3.07. The lowest BCUT2D eigenvalue weighted by Gasteiger charge is -2.35. The first-order chi connectivity index (χ1) is 9.99. The van der Waals surface area contributed by atoms with Crippen LogP contribution in [0, 0.1) is 5.92 Å². The quantitative estimate of drug-likeness (QED) is 0.780. The number of likely N-dealkylation sites (tertiary alicyclic amines) is 1. The number of hydrogen-bond acceptors (Lipinski definition) is 3. The van der Waals surface area contributed by atoms with Crippen molar-refractivity contribution in [1.82, 2.24) is 14.8 Å². The zero-order valence-corrected chi connectivity index (χ0v) is 14.6. The van der Waals surface area contributed by atoms with Crippen LogP contribution in [-0.2, 0) is 0 Å². The molecule has 2 heterocycles. The summed E-state index contributed by atoms with van der Waals surface area (Å²) in [5.74, 6) is 0.782. The summed E-state index contributed by atoms with van der Waals surface area (Å²) in [5, 5.41) is 0. The Labute approximate surface area is 135 Å². The molecule has 5 heteroatoms. The van der Waals surface area contributed by atoms with Crippen molar-refractivity contribution in [2.24, 2.45) is 5.92 Å². The monoisotopic (exact) mass is 353 g/mol. The third kappa shape index (κ3) is 4.27. The van der Waals surface area contributed by atoms with Gasteiger partial charge in [0.05, 0.1) is 5.56 Å². The Morgan fingerprint density at radius 3 is 2.71 bits per heavy atom. The van der Waals surface area contributed by atoms with Crippen LogP contribution in [0.3, 0.4) is 0 Å². The molecule has 0 aliphatic carbocycles. The zero-order valence-electron chi connectivity index (χ0n) is 13.1. The first kappa shape index (κ1) is 16.4. The van der Waals surface area contributed by atoms with Gasteiger partial charge in [-0.05, 0) is 67.7 Å². The molecule has 4 nitrogen and oxygen atoms in total. The predicted octanol–water partition coefficient (Wildman–Crippen LogP) is 3.04. The fraction of sp³-hybridized carbons (Fsp3) is 0.625. The number of piperidine rings is 1. The van der Waals surface area contributed by atoms with Crippen LogP contribution in [0.5, 0.6) is 0 Å². The van der Waals surface area contributed by atoms with E-state index in [-0.39, 0.29) is 5.91 Å². The van der Waals surface area contributed by atoms with E-state index >= 15 is 0 Å². The van der Waals surface area contributed by atoms with Gasteiger partial charge in [0.15, 0.2) is 0 Å². The van der Waals surface area contributed by atoms with Crippen LogP contribution in [0.2, 0.25) is 0 Å². The Bertz CT molecular complexity index is 484. The molecule has 0 radical (unpaired) electrons. The van der Waals surface area contributed by atoms with E-state index in [9.17, 15) is 4.79 Å². The first-order valence-electron chi connectivity index (χ1n) is 7.59. The molecule has 1 aliphatic rings. The highest BCUT2D eigenvalue weighted by atomic mass is 79.9. The Morgan fingerprint density at radius 1 is 1.48 bits per heavy atom. The molecule has 21 heavy (non-hydrogen) atoms. The van der Waals surface area contributed by atoms with Gasteiger partial charge in [0, 0.05) is 31.9 Å². The van der Waals surface area contributed by atoms with E-state index in [2.05, 4.69) is 46.7 Å². The summed E-state index contributed by atoms with van der Waals surface area (Å²) in [6.45, 7) is 7.25. The minimum atomic E-state index is 0.0886. The molecule has 1 fully saturated rings. The summed E-state index contributed by atoms with van der Waals surface area (Å²) in [5.41, 5.74) is 0.662. The van der Waals surface area contributed by atoms with Crippen LogP contribution in [0.4, 0.5) is 0 Å². The molecule has 116 valence electrons. The highest BCUT2D eigenvalue weighted by Crippen LogP contribution is 2.22. The van der Waals surface area contributed by atoms with Gasteiger partial charge in [0.1, 0.15) is 4.60 Å². The van der Waals surface area contributed by atoms with Crippen LogP contribution < -0.4 is 0 Å². The topological polar surface area (TPSA) is 36.4 Å². The van der Waals surface area contributed by atoms with Crippen molar-refractivity contribution in [2.45, 2.75) is 32.7 Å². The molecule has 1 aromatic rings. The summed E-state index contributed by atoms with van der Waals surface area (Å²) in [7, 11) is 2.18. The number of hydrogen-bond donors (Lipinski definition) is 0. The lowest BCUT2D eigenvalue weighted by Crippen LogP contribution is -2.42. The number of pyridine rings is 1. The van der Waals surface area contributed by atoms with Gasteiger partial charge in [-0.1, -0.05) is 0 Å². The number of carbonyl (C=O) groups is 1. The number of aromatic nitrogens is 1. The number of rotatable bonds is 4. The van der Waals surface area contributed by atoms with E-state index in [1.54, 1.807) is 6.20 Å². The lowest BCUT2D eigenvalue weighted by atomic mass is 9.95. The molecule has 0 atom stereocenters. The zero-order chi connectivity index (χ0) is 15.4. The van der Waals surface area contributed by atoms with Crippen molar-refractivity contribution in [3.63, 3.8) is 0 Å². The van der Waals surface area contributed by atoms with Crippen molar-refractivity contribution in [2.75, 3.05) is 26.7 Å². The van der Waals surface area contributed by atoms with Gasteiger partial charge in [-0.2, -0.15) is 0 Å². The van der Waals surface area contributed by atoms with Crippen molar-refractivity contribution in [3.05, 3.63) is 28.5 Å². The molecule has 0 bridgehead atoms. The van der Waals surface area contributed by atoms with E-state index in [4.69, 9.17) is 0 Å². The highest BCUT2D eigenvalue weighted by molar-refractivity contribution is 9.10. The molecule has 0 unspecified atom stereocenters. The Hall–Kier alpha value is -0.940. The number of halogens is 1. The van der Waals surface area contributed by atoms with E-state index in [1.165, 1.54) is 0 Å². The van der Waals surface area contributed by atoms with Crippen LogP contribution in [0.25, 0.3) is 0 Å². The van der Waals surface area contributed by atoms with E-state index in [0.717, 1.165) is 32.5 Å². The SMILES string of the molecule is CC(C)N(C)CC1CCN(C(=O)c2cccnc2Br)CC1. The summed E-state index contributed by atoms with van der Waals surface area (Å²) < 4.78 is 0.636. The molecule has 1 aliphatic heterocycles. The normalized spacial score (nSPS) is 16.8. The third-order valence-electron chi connectivity index (χ3n) is 4.32. The van der Waals surface area contributed by atoms with Crippen molar-refractivity contribution in [1.29, 1.82) is 0 Å². The first-order valence-corrected chi connectivity index (χ1v) is 8.38. The number of amides is 1. The minimum Gasteiger partial charge on any atom is -0.339 e. The number of carbonyl (C=O) groups excluding carboxylic acids is 1. The van der Waals surface area contributed by atoms with Gasteiger partial charge in [-0.15, -0.1) is 0 Å². The maximum atomic E-state index is 12.5. The molecule has 1 aromatic heterocycles. The van der Waals surface area contributed by atoms with Crippen molar-refractivity contribution < 1.29 is 4.79 Å². The summed E-state index contributed by atoms with van der Waals surface area (Å²) >= 11 is 3.36. The van der Waals surface area contributed by atoms with Gasteiger partial charge < -0.3 is 9.80 Å². The van der Waals surface area contributed by atoms with Gasteiger partial charge in [-0.25, -0.2) is 4.98 Å². The molecular formula is C16H24BrN3O. The average molecular weight is 354 g/mol. The lowest BCUT2D eigenvalue weighted by molar-refractivity contribution is 0.0665. The second-order valence-corrected chi connectivity index (χ2v) is 6.86. The largest absolute Gasteiger partial charge is 0.339 e. The molecule has 0 aromatic carbocycles. The maximum absolute atomic E-state index is 12.5. The maximum Gasteiger partial charge on any atom is 0.256 e. The minimum absolute atomic E-state index is 0.0886. The van der Waals surface area contributed by atoms with Crippen molar-refractivity contribution in [3.8, 4) is 0 Å². The van der Waals surface area contributed by atoms with E-state index in [0.29, 0.717) is 22.1 Å². The molecule has 0 N–H and O–H groups in total. The smallest absolute Gasteiger partial charge is 0.256 e. The van der Waals surface area contributed by atoms with Gasteiger partial charge in [-0.3, -0.25) is 4.79 Å². The average Bonchev–Trinajstić information content (AvgIpc) is 2.47. The highest BCUT2D eigenvalue weighted by Gasteiger charge is 2.25. The Kier molecular flexibility index (Phi) is 5.76. The summed E-state index contributed by atoms with van der Waals surface area (Å²) in [6, 6.07) is 4.22. The van der Waals surface area contributed by atoms with Crippen LogP contribution in [0.15, 0.2) is 22.9 Å². The van der Waals surface area contributed by atoms with Crippen LogP contribution in [-0.4, -0.2) is 53.4 Å². The van der Waals surface area contributed by atoms with Gasteiger partial charge >= 0.3 is 0 Å². The molecule has 0 spiro atoms. The molecule has 1 amide bonds. The molecule has 0 saturated carbocycles. The summed E-state index contributed by atoms with van der Waals surface area (Å²) in [4.78, 5) is 21.0. The summed E-state index contributed by atoms with van der Waals surface area (Å²) in [6.07, 6.45) is 3.86. The van der Waals surface area contributed by atoms with E-state index in [1.807, 2.05) is 17.0 Å². The van der Waals surface area contributed by atoms with Crippen LogP contribution in [0.1, 0.15) is 37.0 Å².